The van der Waals surface area contributed by atoms with E-state index in [1.165, 1.54) is 11.8 Å². The largest absolute Gasteiger partial charge is 0.462 e. The number of carbonyl (C=O) groups excluding carboxylic acids is 6. The molecule has 11 nitrogen and oxygen atoms in total. The van der Waals surface area contributed by atoms with E-state index < -0.39 is 53.9 Å². The van der Waals surface area contributed by atoms with Gasteiger partial charge in [-0.25, -0.2) is 14.4 Å². The molecule has 0 N–H and O–H groups in total. The van der Waals surface area contributed by atoms with Crippen molar-refractivity contribution in [2.75, 3.05) is 19.7 Å². The fourth-order valence-corrected chi connectivity index (χ4v) is 9.73. The zero-order chi connectivity index (χ0) is 49.3. The molecule has 70 heavy (non-hydrogen) atoms. The van der Waals surface area contributed by atoms with Crippen LogP contribution in [-0.4, -0.2) is 77.1 Å². The van der Waals surface area contributed by atoms with Gasteiger partial charge >= 0.3 is 17.9 Å². The van der Waals surface area contributed by atoms with Crippen molar-refractivity contribution >= 4 is 35.5 Å². The minimum atomic E-state index is -0.754. The number of hydrogen-bond acceptors (Lipinski definition) is 9. The first-order valence-electron chi connectivity index (χ1n) is 26.1. The summed E-state index contributed by atoms with van der Waals surface area (Å²) in [5.41, 5.74) is 4.32. The second kappa shape index (κ2) is 29.2. The number of aryl methyl sites for hydroxylation is 2. The number of carbonyl (C=O) groups is 6. The van der Waals surface area contributed by atoms with Crippen LogP contribution in [0.15, 0.2) is 115 Å². The lowest BCUT2D eigenvalue weighted by molar-refractivity contribution is -0.163. The van der Waals surface area contributed by atoms with Crippen LogP contribution in [-0.2, 0) is 51.0 Å². The van der Waals surface area contributed by atoms with Crippen LogP contribution in [0.5, 0.6) is 0 Å². The molecule has 2 saturated heterocycles. The van der Waals surface area contributed by atoms with Gasteiger partial charge in [0.1, 0.15) is 24.3 Å². The summed E-state index contributed by atoms with van der Waals surface area (Å²) in [7, 11) is 0. The summed E-state index contributed by atoms with van der Waals surface area (Å²) in [6.45, 7) is 2.74. The second-order valence-electron chi connectivity index (χ2n) is 19.0. The third-order valence-electron chi connectivity index (χ3n) is 13.7. The molecule has 6 rings (SSSR count). The van der Waals surface area contributed by atoms with Crippen LogP contribution in [0.3, 0.4) is 0 Å². The van der Waals surface area contributed by atoms with Crippen molar-refractivity contribution in [3.8, 4) is 0 Å². The molecule has 2 fully saturated rings. The lowest BCUT2D eigenvalue weighted by atomic mass is 9.98. The monoisotopic (exact) mass is 955 g/mol. The molecule has 2 unspecified atom stereocenters. The van der Waals surface area contributed by atoms with Gasteiger partial charge in [0.15, 0.2) is 0 Å². The highest BCUT2D eigenvalue weighted by Gasteiger charge is 2.37. The number of piperidine rings is 2. The second-order valence-corrected chi connectivity index (χ2v) is 19.0. The lowest BCUT2D eigenvalue weighted by Crippen LogP contribution is -2.51. The molecule has 0 aliphatic carbocycles. The summed E-state index contributed by atoms with van der Waals surface area (Å²) in [4.78, 5) is 82.3. The summed E-state index contributed by atoms with van der Waals surface area (Å²) < 4.78 is 17.9. The molecule has 2 heterocycles. The van der Waals surface area contributed by atoms with Crippen LogP contribution in [0.2, 0.25) is 0 Å². The van der Waals surface area contributed by atoms with E-state index >= 15 is 0 Å². The van der Waals surface area contributed by atoms with Gasteiger partial charge in [0.2, 0.25) is 11.7 Å². The van der Waals surface area contributed by atoms with Crippen molar-refractivity contribution < 1.29 is 43.0 Å². The van der Waals surface area contributed by atoms with Crippen molar-refractivity contribution in [3.63, 3.8) is 0 Å². The first kappa shape index (κ1) is 53.3. The van der Waals surface area contributed by atoms with Crippen LogP contribution < -0.4 is 0 Å². The Morgan fingerprint density at radius 3 is 1.56 bits per heavy atom. The first-order valence-corrected chi connectivity index (χ1v) is 26.1. The van der Waals surface area contributed by atoms with E-state index in [1.807, 2.05) is 84.9 Å². The standard InChI is InChI=1S/C59H74N2O9/c1-45(62)60-41-22-20-34-51(60)58(66)70-55(40-38-47-28-15-11-16-29-47)49-32-25-33-50(44-49)57(65)68-43-24-9-7-5-3-2-4-6-8-19-36-53(63)56(64)61-42-23-21-35-52(61)59(67)69-54(48-30-17-12-18-31-48)39-37-46-26-13-10-14-27-46/h10-18,25-33,44,51-52,54-55H,2-9,19-24,34-43H2,1H3/t51?,52-,54?,55+/m0/s1. The predicted octanol–water partition coefficient (Wildman–Crippen LogP) is 11.6. The van der Waals surface area contributed by atoms with Gasteiger partial charge in [-0.1, -0.05) is 154 Å². The molecule has 0 saturated carbocycles. The van der Waals surface area contributed by atoms with Crippen molar-refractivity contribution in [2.45, 2.75) is 166 Å². The Hall–Kier alpha value is -6.10. The predicted molar refractivity (Wildman–Crippen MR) is 271 cm³/mol. The van der Waals surface area contributed by atoms with E-state index in [9.17, 15) is 28.8 Å². The van der Waals surface area contributed by atoms with E-state index in [-0.39, 0.29) is 12.3 Å². The third-order valence-corrected chi connectivity index (χ3v) is 13.7. The highest BCUT2D eigenvalue weighted by molar-refractivity contribution is 6.36. The topological polar surface area (TPSA) is 137 Å². The quantitative estimate of drug-likeness (QED) is 0.0248. The number of nitrogens with zero attached hydrogens (tertiary/aromatic N) is 2. The Morgan fingerprint density at radius 2 is 1.00 bits per heavy atom. The van der Waals surface area contributed by atoms with Gasteiger partial charge in [0, 0.05) is 26.4 Å². The number of hydrogen-bond donors (Lipinski definition) is 0. The Bertz CT molecular complexity index is 2250. The fraction of sp³-hybridized carbons (Fsp3) is 0.492. The van der Waals surface area contributed by atoms with E-state index in [0.29, 0.717) is 63.8 Å². The average Bonchev–Trinajstić information content (AvgIpc) is 3.40. The molecule has 2 amide bonds. The van der Waals surface area contributed by atoms with Gasteiger partial charge in [-0.15, -0.1) is 0 Å². The molecule has 0 aromatic heterocycles. The molecule has 4 aromatic carbocycles. The highest BCUT2D eigenvalue weighted by Crippen LogP contribution is 2.30. The van der Waals surface area contributed by atoms with E-state index in [1.54, 1.807) is 23.1 Å². The average molecular weight is 955 g/mol. The van der Waals surface area contributed by atoms with E-state index in [2.05, 4.69) is 12.1 Å². The molecule has 0 spiro atoms. The zero-order valence-corrected chi connectivity index (χ0v) is 41.3. The minimum absolute atomic E-state index is 0.132. The van der Waals surface area contributed by atoms with Gasteiger partial charge in [-0.3, -0.25) is 14.4 Å². The number of benzene rings is 4. The van der Waals surface area contributed by atoms with Crippen molar-refractivity contribution in [3.05, 3.63) is 143 Å². The number of ketones is 1. The smallest absolute Gasteiger partial charge is 0.338 e. The molecule has 2 aliphatic heterocycles. The van der Waals surface area contributed by atoms with Crippen LogP contribution in [0.4, 0.5) is 0 Å². The Labute approximate surface area is 415 Å². The summed E-state index contributed by atoms with van der Waals surface area (Å²) >= 11 is 0. The SMILES string of the molecule is CC(=O)N1CCCCC1C(=O)O[C@H](CCc1ccccc1)c1cccc(C(=O)OCCCCCCCCCCCCC(=O)C(=O)N2CCCC[C@H]2C(=O)OC(CCc2ccccc2)c2ccccc2)c1. The molecule has 11 heteroatoms. The maximum atomic E-state index is 13.7. The van der Waals surface area contributed by atoms with E-state index in [4.69, 9.17) is 14.2 Å². The highest BCUT2D eigenvalue weighted by atomic mass is 16.6. The van der Waals surface area contributed by atoms with Crippen LogP contribution in [0.1, 0.15) is 174 Å². The summed E-state index contributed by atoms with van der Waals surface area (Å²) in [5, 5.41) is 0. The Kier molecular flexibility index (Phi) is 22.2. The van der Waals surface area contributed by atoms with Crippen LogP contribution in [0, 0.1) is 0 Å². The molecule has 4 aromatic rings. The number of esters is 3. The molecule has 4 atom stereocenters. The molecular weight excluding hydrogens is 881 g/mol. The molecule has 0 bridgehead atoms. The van der Waals surface area contributed by atoms with Gasteiger partial charge in [-0.2, -0.15) is 0 Å². The number of rotatable bonds is 27. The van der Waals surface area contributed by atoms with Crippen molar-refractivity contribution in [2.24, 2.45) is 0 Å². The molecule has 0 radical (unpaired) electrons. The molecular formula is C59H74N2O9. The van der Waals surface area contributed by atoms with Crippen molar-refractivity contribution in [1.29, 1.82) is 0 Å². The maximum absolute atomic E-state index is 13.7. The van der Waals surface area contributed by atoms with Crippen LogP contribution in [0.25, 0.3) is 0 Å². The first-order chi connectivity index (χ1) is 34.2. The fourth-order valence-electron chi connectivity index (χ4n) is 9.73. The van der Waals surface area contributed by atoms with Gasteiger partial charge in [-0.05, 0) is 111 Å². The number of amides is 2. The maximum Gasteiger partial charge on any atom is 0.338 e. The Morgan fingerprint density at radius 1 is 0.529 bits per heavy atom. The number of Topliss-reactive ketones (excluding diaryl/α,β-unsaturated/α-hetero) is 1. The normalized spacial score (nSPS) is 16.7. The zero-order valence-electron chi connectivity index (χ0n) is 41.3. The van der Waals surface area contributed by atoms with Crippen molar-refractivity contribution in [1.82, 2.24) is 9.80 Å². The summed E-state index contributed by atoms with van der Waals surface area (Å²) in [6, 6.07) is 35.6. The molecule has 374 valence electrons. The van der Waals surface area contributed by atoms with Gasteiger partial charge in [0.25, 0.3) is 5.91 Å². The summed E-state index contributed by atoms with van der Waals surface area (Å²) in [6.07, 6.45) is 15.7. The van der Waals surface area contributed by atoms with Gasteiger partial charge in [0.05, 0.1) is 12.2 Å². The lowest BCUT2D eigenvalue weighted by Gasteiger charge is -2.34. The summed E-state index contributed by atoms with van der Waals surface area (Å²) in [5.74, 6) is -2.38. The minimum Gasteiger partial charge on any atom is -0.462 e. The number of unbranched alkanes of at least 4 members (excludes halogenated alkanes) is 9. The van der Waals surface area contributed by atoms with Crippen LogP contribution >= 0.6 is 0 Å². The van der Waals surface area contributed by atoms with E-state index in [0.717, 1.165) is 112 Å². The van der Waals surface area contributed by atoms with Gasteiger partial charge < -0.3 is 24.0 Å². The Balaban J connectivity index is 0.841. The number of ether oxygens (including phenoxy) is 3. The molecule has 2 aliphatic rings. The third kappa shape index (κ3) is 17.1. The number of likely N-dealkylation sites (tertiary alicyclic amines) is 2.